The molecule has 1 atom stereocenters. The zero-order valence-corrected chi connectivity index (χ0v) is 9.96. The Labute approximate surface area is 95.2 Å². The second-order valence-corrected chi connectivity index (χ2v) is 4.00. The number of hydrogen-bond acceptors (Lipinski definition) is 3. The maximum Gasteiger partial charge on any atom is 0.0814 e. The molecule has 0 bridgehead atoms. The molecular formula is C10H18ClN3O. The van der Waals surface area contributed by atoms with Gasteiger partial charge in [0.1, 0.15) is 0 Å². The molecule has 0 saturated carbocycles. The summed E-state index contributed by atoms with van der Waals surface area (Å²) >= 11 is 5.89. The Morgan fingerprint density at radius 3 is 2.87 bits per heavy atom. The number of hydrogen-bond donors (Lipinski definition) is 2. The molecule has 0 amide bonds. The maximum atomic E-state index is 9.18. The fraction of sp³-hybridized carbons (Fsp3) is 0.700. The van der Waals surface area contributed by atoms with Gasteiger partial charge in [0, 0.05) is 6.04 Å². The standard InChI is InChI=1S/C10H18ClN3O/c1-3-4-12-9(7-15)6-14-8(2)10(11)5-13-14/h5,9,12,15H,3-4,6-7H2,1-2H3. The van der Waals surface area contributed by atoms with Crippen LogP contribution in [-0.4, -0.2) is 34.1 Å². The fourth-order valence-corrected chi connectivity index (χ4v) is 1.49. The summed E-state index contributed by atoms with van der Waals surface area (Å²) in [5.74, 6) is 0. The maximum absolute atomic E-state index is 9.18. The van der Waals surface area contributed by atoms with Crippen LogP contribution < -0.4 is 5.32 Å². The van der Waals surface area contributed by atoms with E-state index in [4.69, 9.17) is 11.6 Å². The molecule has 86 valence electrons. The number of rotatable bonds is 6. The van der Waals surface area contributed by atoms with Crippen molar-refractivity contribution in [3.05, 3.63) is 16.9 Å². The molecule has 4 nitrogen and oxygen atoms in total. The van der Waals surface area contributed by atoms with E-state index in [1.165, 1.54) is 0 Å². The second kappa shape index (κ2) is 6.10. The van der Waals surface area contributed by atoms with Crippen LogP contribution in [0, 0.1) is 6.92 Å². The van der Waals surface area contributed by atoms with E-state index >= 15 is 0 Å². The van der Waals surface area contributed by atoms with Crippen molar-refractivity contribution in [2.24, 2.45) is 0 Å². The first-order valence-electron chi connectivity index (χ1n) is 5.21. The minimum Gasteiger partial charge on any atom is -0.395 e. The lowest BCUT2D eigenvalue weighted by atomic mass is 10.3. The van der Waals surface area contributed by atoms with Gasteiger partial charge in [-0.25, -0.2) is 0 Å². The molecule has 0 aliphatic carbocycles. The number of aliphatic hydroxyl groups is 1. The van der Waals surface area contributed by atoms with E-state index in [9.17, 15) is 5.11 Å². The van der Waals surface area contributed by atoms with Crippen molar-refractivity contribution in [3.8, 4) is 0 Å². The first kappa shape index (κ1) is 12.5. The molecule has 0 spiro atoms. The Hall–Kier alpha value is -0.580. The van der Waals surface area contributed by atoms with Crippen LogP contribution in [0.2, 0.25) is 5.02 Å². The highest BCUT2D eigenvalue weighted by molar-refractivity contribution is 6.31. The summed E-state index contributed by atoms with van der Waals surface area (Å²) in [6.45, 7) is 5.67. The Bertz CT molecular complexity index is 301. The molecule has 15 heavy (non-hydrogen) atoms. The van der Waals surface area contributed by atoms with Gasteiger partial charge in [0.2, 0.25) is 0 Å². The van der Waals surface area contributed by atoms with Gasteiger partial charge in [0.15, 0.2) is 0 Å². The summed E-state index contributed by atoms with van der Waals surface area (Å²) in [6.07, 6.45) is 2.68. The number of halogens is 1. The van der Waals surface area contributed by atoms with Gasteiger partial charge >= 0.3 is 0 Å². The molecule has 1 aromatic heterocycles. The van der Waals surface area contributed by atoms with Crippen LogP contribution in [0.1, 0.15) is 19.0 Å². The minimum atomic E-state index is 0.0413. The Kier molecular flexibility index (Phi) is 5.08. The third-order valence-electron chi connectivity index (χ3n) is 2.34. The van der Waals surface area contributed by atoms with Crippen molar-refractivity contribution in [3.63, 3.8) is 0 Å². The topological polar surface area (TPSA) is 50.1 Å². The van der Waals surface area contributed by atoms with E-state index in [0.717, 1.165) is 18.7 Å². The molecule has 1 heterocycles. The van der Waals surface area contributed by atoms with E-state index in [1.807, 2.05) is 11.6 Å². The molecule has 0 fully saturated rings. The highest BCUT2D eigenvalue weighted by atomic mass is 35.5. The smallest absolute Gasteiger partial charge is 0.0814 e. The molecule has 0 saturated heterocycles. The van der Waals surface area contributed by atoms with Gasteiger partial charge < -0.3 is 10.4 Å². The number of nitrogens with zero attached hydrogens (tertiary/aromatic N) is 2. The van der Waals surface area contributed by atoms with Gasteiger partial charge in [0.25, 0.3) is 0 Å². The average Bonchev–Trinajstić information content (AvgIpc) is 2.55. The van der Waals surface area contributed by atoms with Crippen molar-refractivity contribution in [1.82, 2.24) is 15.1 Å². The fourth-order valence-electron chi connectivity index (χ4n) is 1.35. The summed E-state index contributed by atoms with van der Waals surface area (Å²) < 4.78 is 1.81. The van der Waals surface area contributed by atoms with E-state index in [1.54, 1.807) is 6.20 Å². The van der Waals surface area contributed by atoms with E-state index in [2.05, 4.69) is 17.3 Å². The molecule has 2 N–H and O–H groups in total. The molecule has 5 heteroatoms. The van der Waals surface area contributed by atoms with Crippen molar-refractivity contribution in [1.29, 1.82) is 0 Å². The summed E-state index contributed by atoms with van der Waals surface area (Å²) in [5, 5.41) is 17.2. The van der Waals surface area contributed by atoms with Crippen LogP contribution in [0.25, 0.3) is 0 Å². The third kappa shape index (κ3) is 3.48. The summed E-state index contributed by atoms with van der Waals surface area (Å²) in [7, 11) is 0. The molecule has 0 radical (unpaired) electrons. The van der Waals surface area contributed by atoms with Crippen LogP contribution in [0.4, 0.5) is 0 Å². The van der Waals surface area contributed by atoms with Gasteiger partial charge in [0.05, 0.1) is 30.1 Å². The Morgan fingerprint density at radius 1 is 1.67 bits per heavy atom. The number of nitrogens with one attached hydrogen (secondary N) is 1. The first-order chi connectivity index (χ1) is 7.19. The zero-order chi connectivity index (χ0) is 11.3. The largest absolute Gasteiger partial charge is 0.395 e. The summed E-state index contributed by atoms with van der Waals surface area (Å²) in [5.41, 5.74) is 0.938. The average molecular weight is 232 g/mol. The molecule has 1 unspecified atom stereocenters. The monoisotopic (exact) mass is 231 g/mol. The first-order valence-corrected chi connectivity index (χ1v) is 5.59. The summed E-state index contributed by atoms with van der Waals surface area (Å²) in [4.78, 5) is 0. The molecular weight excluding hydrogens is 214 g/mol. The molecule has 0 aromatic carbocycles. The van der Waals surface area contributed by atoms with Crippen LogP contribution in [-0.2, 0) is 6.54 Å². The molecule has 1 aromatic rings. The molecule has 0 aliphatic rings. The SMILES string of the molecule is CCCNC(CO)Cn1ncc(Cl)c1C. The lowest BCUT2D eigenvalue weighted by molar-refractivity contribution is 0.225. The van der Waals surface area contributed by atoms with Crippen molar-refractivity contribution >= 4 is 11.6 Å². The Morgan fingerprint density at radius 2 is 2.40 bits per heavy atom. The minimum absolute atomic E-state index is 0.0413. The zero-order valence-electron chi connectivity index (χ0n) is 9.20. The lowest BCUT2D eigenvalue weighted by Gasteiger charge is -2.16. The normalized spacial score (nSPS) is 13.1. The third-order valence-corrected chi connectivity index (χ3v) is 2.71. The van der Waals surface area contributed by atoms with E-state index in [0.29, 0.717) is 11.6 Å². The van der Waals surface area contributed by atoms with Gasteiger partial charge in [-0.3, -0.25) is 4.68 Å². The quantitative estimate of drug-likeness (QED) is 0.774. The van der Waals surface area contributed by atoms with Crippen LogP contribution in [0.15, 0.2) is 6.20 Å². The van der Waals surface area contributed by atoms with Crippen molar-refractivity contribution in [2.45, 2.75) is 32.9 Å². The second-order valence-electron chi connectivity index (χ2n) is 3.59. The predicted octanol–water partition coefficient (Wildman–Crippen LogP) is 1.21. The predicted molar refractivity (Wildman–Crippen MR) is 61.1 cm³/mol. The van der Waals surface area contributed by atoms with E-state index < -0.39 is 0 Å². The molecule has 1 rings (SSSR count). The van der Waals surface area contributed by atoms with Crippen LogP contribution in [0.3, 0.4) is 0 Å². The number of aromatic nitrogens is 2. The van der Waals surface area contributed by atoms with Crippen molar-refractivity contribution < 1.29 is 5.11 Å². The highest BCUT2D eigenvalue weighted by Gasteiger charge is 2.10. The van der Waals surface area contributed by atoms with Gasteiger partial charge in [-0.1, -0.05) is 18.5 Å². The number of aliphatic hydroxyl groups excluding tert-OH is 1. The van der Waals surface area contributed by atoms with Crippen molar-refractivity contribution in [2.75, 3.05) is 13.2 Å². The van der Waals surface area contributed by atoms with E-state index in [-0.39, 0.29) is 12.6 Å². The molecule has 0 aliphatic heterocycles. The van der Waals surface area contributed by atoms with Crippen LogP contribution >= 0.6 is 11.6 Å². The highest BCUT2D eigenvalue weighted by Crippen LogP contribution is 2.13. The van der Waals surface area contributed by atoms with Crippen LogP contribution in [0.5, 0.6) is 0 Å². The van der Waals surface area contributed by atoms with Gasteiger partial charge in [-0.2, -0.15) is 5.10 Å². The Balaban J connectivity index is 2.54. The summed E-state index contributed by atoms with van der Waals surface area (Å²) in [6, 6.07) is 0.0413. The van der Waals surface area contributed by atoms with Gasteiger partial charge in [-0.05, 0) is 19.9 Å². The lowest BCUT2D eigenvalue weighted by Crippen LogP contribution is -2.37. The van der Waals surface area contributed by atoms with Gasteiger partial charge in [-0.15, -0.1) is 0 Å².